The molecule has 0 fully saturated rings. The molecule has 1 atom stereocenters. The molecule has 0 bridgehead atoms. The van der Waals surface area contributed by atoms with Crippen LogP contribution in [0.2, 0.25) is 0 Å². The maximum absolute atomic E-state index is 13.6. The number of carbonyl (C=O) groups is 3. The quantitative estimate of drug-likeness (QED) is 0.0980. The predicted octanol–water partition coefficient (Wildman–Crippen LogP) is 7.55. The van der Waals surface area contributed by atoms with E-state index in [0.717, 1.165) is 23.1 Å². The van der Waals surface area contributed by atoms with E-state index in [0.29, 0.717) is 51.0 Å². The molecule has 5 aromatic rings. The highest BCUT2D eigenvalue weighted by Crippen LogP contribution is 2.38. The first-order chi connectivity index (χ1) is 24.5. The molecular formula is C40H35N5O5. The summed E-state index contributed by atoms with van der Waals surface area (Å²) in [5.74, 6) is 0.683. The Morgan fingerprint density at radius 3 is 2.32 bits per heavy atom. The normalized spacial score (nSPS) is 14.2. The van der Waals surface area contributed by atoms with Crippen molar-refractivity contribution in [2.24, 2.45) is 0 Å². The van der Waals surface area contributed by atoms with Gasteiger partial charge in [0.2, 0.25) is 6.79 Å². The van der Waals surface area contributed by atoms with Crippen LogP contribution in [0.4, 0.5) is 21.9 Å². The first kappa shape index (κ1) is 32.0. The molecule has 2 aliphatic heterocycles. The van der Waals surface area contributed by atoms with Crippen molar-refractivity contribution in [2.75, 3.05) is 22.7 Å². The van der Waals surface area contributed by atoms with Crippen molar-refractivity contribution in [1.82, 2.24) is 10.6 Å². The number of hydrogen-bond donors (Lipinski definition) is 5. The zero-order valence-electron chi connectivity index (χ0n) is 27.3. The molecule has 0 aliphatic carbocycles. The number of para-hydroxylation sites is 1. The second kappa shape index (κ2) is 14.3. The van der Waals surface area contributed by atoms with E-state index in [1.807, 2.05) is 91.9 Å². The van der Waals surface area contributed by atoms with Gasteiger partial charge in [0.25, 0.3) is 11.8 Å². The Balaban J connectivity index is 1.15. The van der Waals surface area contributed by atoms with Crippen molar-refractivity contribution in [1.29, 1.82) is 0 Å². The highest BCUT2D eigenvalue weighted by atomic mass is 16.7. The summed E-state index contributed by atoms with van der Waals surface area (Å²) in [6, 6.07) is 36.7. The molecule has 7 rings (SSSR count). The van der Waals surface area contributed by atoms with Crippen LogP contribution in [-0.4, -0.2) is 24.6 Å². The minimum atomic E-state index is -0.426. The molecule has 0 unspecified atom stereocenters. The van der Waals surface area contributed by atoms with Gasteiger partial charge < -0.3 is 36.1 Å². The molecular weight excluding hydrogens is 630 g/mol. The lowest BCUT2D eigenvalue weighted by Crippen LogP contribution is -2.28. The van der Waals surface area contributed by atoms with E-state index in [1.165, 1.54) is 0 Å². The lowest BCUT2D eigenvalue weighted by molar-refractivity contribution is -0.110. The maximum Gasteiger partial charge on any atom is 0.323 e. The predicted molar refractivity (Wildman–Crippen MR) is 194 cm³/mol. The molecule has 5 aromatic carbocycles. The van der Waals surface area contributed by atoms with Gasteiger partial charge in [0.15, 0.2) is 11.5 Å². The number of carbonyl (C=O) groups excluding carboxylic acids is 3. The van der Waals surface area contributed by atoms with Gasteiger partial charge in [-0.15, -0.1) is 0 Å². The highest BCUT2D eigenvalue weighted by molar-refractivity contribution is 6.36. The van der Waals surface area contributed by atoms with Gasteiger partial charge in [0, 0.05) is 40.8 Å². The standard InChI is InChI=1S/C40H35N5O5/c1-2-31(25-11-5-3-6-12-25)43-38(46)27-17-19-33-30(21-27)36(39(47)44-33)37(26-13-7-4-8-14-26)41-23-28-15-9-10-16-32(28)45-40(48)42-29-18-20-34-35(22-29)50-24-49-34/h3-22,31,41H,2,23-24H2,1H3,(H,43,46)(H,44,47)(H2,42,45,48)/t31-/m1/s1. The molecule has 2 aliphatic rings. The Kier molecular flexibility index (Phi) is 9.15. The number of ether oxygens (including phenoxy) is 2. The fraction of sp³-hybridized carbons (Fsp3) is 0.125. The van der Waals surface area contributed by atoms with Crippen molar-refractivity contribution < 1.29 is 23.9 Å². The lowest BCUT2D eigenvalue weighted by atomic mass is 9.97. The largest absolute Gasteiger partial charge is 0.454 e. The van der Waals surface area contributed by atoms with E-state index < -0.39 is 6.03 Å². The third-order valence-electron chi connectivity index (χ3n) is 8.61. The molecule has 50 heavy (non-hydrogen) atoms. The van der Waals surface area contributed by atoms with Gasteiger partial charge in [-0.2, -0.15) is 0 Å². The number of anilines is 3. The minimum Gasteiger partial charge on any atom is -0.454 e. The average Bonchev–Trinajstić information content (AvgIpc) is 3.75. The summed E-state index contributed by atoms with van der Waals surface area (Å²) in [4.78, 5) is 40.2. The zero-order valence-corrected chi connectivity index (χ0v) is 27.3. The van der Waals surface area contributed by atoms with Crippen molar-refractivity contribution in [3.63, 3.8) is 0 Å². The van der Waals surface area contributed by atoms with Crippen LogP contribution < -0.4 is 36.1 Å². The number of rotatable bonds is 10. The van der Waals surface area contributed by atoms with Gasteiger partial charge in [0.05, 0.1) is 17.3 Å². The van der Waals surface area contributed by atoms with Gasteiger partial charge >= 0.3 is 6.03 Å². The summed E-state index contributed by atoms with van der Waals surface area (Å²) >= 11 is 0. The molecule has 0 saturated carbocycles. The van der Waals surface area contributed by atoms with Crippen molar-refractivity contribution >= 4 is 46.2 Å². The van der Waals surface area contributed by atoms with Crippen molar-refractivity contribution in [3.8, 4) is 11.5 Å². The summed E-state index contributed by atoms with van der Waals surface area (Å²) in [6.45, 7) is 2.46. The fourth-order valence-corrected chi connectivity index (χ4v) is 6.08. The Morgan fingerprint density at radius 2 is 1.52 bits per heavy atom. The first-order valence-corrected chi connectivity index (χ1v) is 16.4. The topological polar surface area (TPSA) is 130 Å². The second-order valence-electron chi connectivity index (χ2n) is 11.8. The molecule has 4 amide bonds. The SMILES string of the molecule is CC[C@@H](NC(=O)c1ccc2c(c1)C(=C(NCc1ccccc1NC(=O)Nc1ccc3c(c1)OCO3)c1ccccc1)C(=O)N2)c1ccccc1. The van der Waals surface area contributed by atoms with Gasteiger partial charge in [-0.3, -0.25) is 9.59 Å². The Hall–Kier alpha value is -6.55. The molecule has 10 heteroatoms. The molecule has 0 radical (unpaired) electrons. The third kappa shape index (κ3) is 6.86. The summed E-state index contributed by atoms with van der Waals surface area (Å²) < 4.78 is 10.8. The van der Waals surface area contributed by atoms with E-state index in [-0.39, 0.29) is 31.2 Å². The van der Waals surface area contributed by atoms with Crippen LogP contribution in [0, 0.1) is 0 Å². The summed E-state index contributed by atoms with van der Waals surface area (Å²) in [5, 5.41) is 15.4. The van der Waals surface area contributed by atoms with Gasteiger partial charge in [0.1, 0.15) is 0 Å². The van der Waals surface area contributed by atoms with Crippen molar-refractivity contribution in [3.05, 3.63) is 149 Å². The van der Waals surface area contributed by atoms with Gasteiger partial charge in [-0.25, -0.2) is 4.79 Å². The lowest BCUT2D eigenvalue weighted by Gasteiger charge is -2.18. The van der Waals surface area contributed by atoms with Gasteiger partial charge in [-0.1, -0.05) is 85.8 Å². The van der Waals surface area contributed by atoms with E-state index in [9.17, 15) is 14.4 Å². The van der Waals surface area contributed by atoms with Gasteiger partial charge in [-0.05, 0) is 59.5 Å². The highest BCUT2D eigenvalue weighted by Gasteiger charge is 2.30. The first-order valence-electron chi connectivity index (χ1n) is 16.4. The smallest absolute Gasteiger partial charge is 0.323 e. The number of benzene rings is 5. The molecule has 0 aromatic heterocycles. The van der Waals surface area contributed by atoms with Crippen LogP contribution in [0.3, 0.4) is 0 Å². The van der Waals surface area contributed by atoms with Crippen LogP contribution in [0.1, 0.15) is 52.0 Å². The molecule has 0 spiro atoms. The second-order valence-corrected chi connectivity index (χ2v) is 11.8. The van der Waals surface area contributed by atoms with Crippen LogP contribution in [0.15, 0.2) is 121 Å². The van der Waals surface area contributed by atoms with E-state index >= 15 is 0 Å². The molecule has 10 nitrogen and oxygen atoms in total. The van der Waals surface area contributed by atoms with Crippen LogP contribution in [0.5, 0.6) is 11.5 Å². The van der Waals surface area contributed by atoms with E-state index in [2.05, 4.69) is 26.6 Å². The molecule has 250 valence electrons. The Morgan fingerprint density at radius 1 is 0.780 bits per heavy atom. The Labute approximate surface area is 289 Å². The zero-order chi connectivity index (χ0) is 34.5. The number of urea groups is 1. The summed E-state index contributed by atoms with van der Waals surface area (Å²) in [6.07, 6.45) is 0.727. The third-order valence-corrected chi connectivity index (χ3v) is 8.61. The number of hydrogen-bond acceptors (Lipinski definition) is 6. The maximum atomic E-state index is 13.6. The minimum absolute atomic E-state index is 0.143. The van der Waals surface area contributed by atoms with Crippen LogP contribution in [-0.2, 0) is 11.3 Å². The summed E-state index contributed by atoms with van der Waals surface area (Å²) in [5.41, 5.74) is 6.46. The van der Waals surface area contributed by atoms with Crippen LogP contribution >= 0.6 is 0 Å². The summed E-state index contributed by atoms with van der Waals surface area (Å²) in [7, 11) is 0. The van der Waals surface area contributed by atoms with Crippen molar-refractivity contribution in [2.45, 2.75) is 25.9 Å². The Bertz CT molecular complexity index is 2100. The number of fused-ring (bicyclic) bond motifs is 2. The average molecular weight is 666 g/mol. The van der Waals surface area contributed by atoms with E-state index in [4.69, 9.17) is 9.47 Å². The number of nitrogens with one attached hydrogen (secondary N) is 5. The van der Waals surface area contributed by atoms with Crippen LogP contribution in [0.25, 0.3) is 11.3 Å². The monoisotopic (exact) mass is 665 g/mol. The molecule has 0 saturated heterocycles. The molecule has 5 N–H and O–H groups in total. The molecule has 2 heterocycles. The fourth-order valence-electron chi connectivity index (χ4n) is 6.08. The number of amides is 4. The van der Waals surface area contributed by atoms with E-state index in [1.54, 1.807) is 36.4 Å².